The number of anilines is 1. The number of carbonyl (C=O) groups excluding carboxylic acids is 1. The predicted molar refractivity (Wildman–Crippen MR) is 64.8 cm³/mol. The number of hydrogen-bond donors (Lipinski definition) is 1. The van der Waals surface area contributed by atoms with Crippen molar-refractivity contribution in [2.75, 3.05) is 24.7 Å². The zero-order chi connectivity index (χ0) is 12.8. The van der Waals surface area contributed by atoms with E-state index in [-0.39, 0.29) is 18.3 Å². The molecule has 1 fully saturated rings. The number of benzene rings is 1. The second-order valence-corrected chi connectivity index (χ2v) is 4.94. The lowest BCUT2D eigenvalue weighted by Crippen LogP contribution is -2.55. The van der Waals surface area contributed by atoms with Gasteiger partial charge in [0.05, 0.1) is 6.61 Å². The average molecular weight is 250 g/mol. The Balaban J connectivity index is 1.92. The van der Waals surface area contributed by atoms with E-state index in [1.165, 1.54) is 12.1 Å². The third-order valence-corrected chi connectivity index (χ3v) is 3.67. The first-order valence-corrected chi connectivity index (χ1v) is 6.07. The van der Waals surface area contributed by atoms with Crippen molar-refractivity contribution in [1.82, 2.24) is 0 Å². The maximum absolute atomic E-state index is 13.3. The zero-order valence-corrected chi connectivity index (χ0v) is 9.99. The largest absolute Gasteiger partial charge is 0.379 e. The van der Waals surface area contributed by atoms with Crippen LogP contribution >= 0.6 is 0 Å². The van der Waals surface area contributed by atoms with Crippen molar-refractivity contribution in [1.29, 1.82) is 0 Å². The Kier molecular flexibility index (Phi) is 2.60. The molecule has 0 spiro atoms. The molecule has 1 atom stereocenters. The number of amides is 1. The van der Waals surface area contributed by atoms with E-state index in [2.05, 4.69) is 0 Å². The van der Waals surface area contributed by atoms with Crippen LogP contribution in [0.15, 0.2) is 18.2 Å². The van der Waals surface area contributed by atoms with Gasteiger partial charge in [0.2, 0.25) is 5.91 Å². The molecule has 1 aromatic carbocycles. The van der Waals surface area contributed by atoms with Crippen LogP contribution in [0.1, 0.15) is 12.0 Å². The van der Waals surface area contributed by atoms with E-state index in [9.17, 15) is 9.18 Å². The maximum atomic E-state index is 13.3. The second-order valence-electron chi connectivity index (χ2n) is 4.94. The maximum Gasteiger partial charge on any atom is 0.249 e. The number of ether oxygens (including phenoxy) is 1. The molecule has 0 aromatic heterocycles. The molecule has 2 heterocycles. The van der Waals surface area contributed by atoms with Crippen molar-refractivity contribution < 1.29 is 13.9 Å². The first-order valence-electron chi connectivity index (χ1n) is 6.07. The Morgan fingerprint density at radius 2 is 2.33 bits per heavy atom. The molecule has 2 aliphatic heterocycles. The van der Waals surface area contributed by atoms with E-state index in [0.29, 0.717) is 25.3 Å². The number of fused-ring (bicyclic) bond motifs is 1. The van der Waals surface area contributed by atoms with Crippen molar-refractivity contribution >= 4 is 11.6 Å². The molecular formula is C13H15FN2O2. The highest BCUT2D eigenvalue weighted by Crippen LogP contribution is 2.31. The zero-order valence-electron chi connectivity index (χ0n) is 9.99. The molecule has 0 saturated carbocycles. The number of nitrogens with two attached hydrogens (primary N) is 1. The number of halogens is 1. The topological polar surface area (TPSA) is 55.6 Å². The van der Waals surface area contributed by atoms with Gasteiger partial charge < -0.3 is 15.4 Å². The summed E-state index contributed by atoms with van der Waals surface area (Å²) in [6, 6.07) is 4.55. The lowest BCUT2D eigenvalue weighted by Gasteiger charge is -2.27. The van der Waals surface area contributed by atoms with E-state index < -0.39 is 5.54 Å². The van der Waals surface area contributed by atoms with Crippen LogP contribution in [0.5, 0.6) is 0 Å². The van der Waals surface area contributed by atoms with Gasteiger partial charge in [-0.25, -0.2) is 4.39 Å². The van der Waals surface area contributed by atoms with Crippen molar-refractivity contribution in [3.8, 4) is 0 Å². The third-order valence-electron chi connectivity index (χ3n) is 3.67. The lowest BCUT2D eigenvalue weighted by atomic mass is 9.98. The number of nitrogens with zero attached hydrogens (tertiary/aromatic N) is 1. The number of carbonyl (C=O) groups is 1. The molecule has 1 saturated heterocycles. The molecule has 3 rings (SSSR count). The highest BCUT2D eigenvalue weighted by atomic mass is 19.1. The fourth-order valence-corrected chi connectivity index (χ4v) is 2.58. The Bertz CT molecular complexity index is 498. The normalized spacial score (nSPS) is 26.4. The summed E-state index contributed by atoms with van der Waals surface area (Å²) in [6.07, 6.45) is 1.27. The summed E-state index contributed by atoms with van der Waals surface area (Å²) in [5.41, 5.74) is 6.76. The minimum atomic E-state index is -0.950. The molecular weight excluding hydrogens is 235 g/mol. The molecule has 5 heteroatoms. The molecule has 1 aromatic rings. The third kappa shape index (κ3) is 1.71. The number of rotatable bonds is 1. The molecule has 0 aliphatic carbocycles. The van der Waals surface area contributed by atoms with Crippen molar-refractivity contribution in [3.63, 3.8) is 0 Å². The minimum Gasteiger partial charge on any atom is -0.379 e. The highest BCUT2D eigenvalue weighted by Gasteiger charge is 2.43. The second kappa shape index (κ2) is 4.03. The van der Waals surface area contributed by atoms with Crippen molar-refractivity contribution in [2.24, 2.45) is 5.73 Å². The Morgan fingerprint density at radius 3 is 3.06 bits per heavy atom. The van der Waals surface area contributed by atoms with Crippen LogP contribution in [-0.2, 0) is 16.0 Å². The fourth-order valence-electron chi connectivity index (χ4n) is 2.58. The van der Waals surface area contributed by atoms with Gasteiger partial charge in [0.15, 0.2) is 0 Å². The molecule has 4 nitrogen and oxygen atoms in total. The van der Waals surface area contributed by atoms with E-state index in [1.54, 1.807) is 11.0 Å². The first-order chi connectivity index (χ1) is 8.60. The van der Waals surface area contributed by atoms with Crippen molar-refractivity contribution in [2.45, 2.75) is 18.4 Å². The van der Waals surface area contributed by atoms with E-state index in [1.807, 2.05) is 0 Å². The van der Waals surface area contributed by atoms with E-state index >= 15 is 0 Å². The van der Waals surface area contributed by atoms with Gasteiger partial charge in [-0.15, -0.1) is 0 Å². The van der Waals surface area contributed by atoms with Gasteiger partial charge in [-0.05, 0) is 30.5 Å². The Hall–Kier alpha value is -1.46. The fraction of sp³-hybridized carbons (Fsp3) is 0.462. The van der Waals surface area contributed by atoms with Gasteiger partial charge in [-0.1, -0.05) is 6.07 Å². The van der Waals surface area contributed by atoms with Gasteiger partial charge in [0.1, 0.15) is 11.4 Å². The summed E-state index contributed by atoms with van der Waals surface area (Å²) in [5, 5.41) is 0. The van der Waals surface area contributed by atoms with Crippen LogP contribution in [0.3, 0.4) is 0 Å². The minimum absolute atomic E-state index is 0.163. The summed E-state index contributed by atoms with van der Waals surface area (Å²) in [5.74, 6) is -0.494. The lowest BCUT2D eigenvalue weighted by molar-refractivity contribution is -0.123. The molecule has 18 heavy (non-hydrogen) atoms. The predicted octanol–water partition coefficient (Wildman–Crippen LogP) is 0.833. The summed E-state index contributed by atoms with van der Waals surface area (Å²) in [4.78, 5) is 14.0. The highest BCUT2D eigenvalue weighted by molar-refractivity contribution is 6.02. The molecule has 96 valence electrons. The van der Waals surface area contributed by atoms with Gasteiger partial charge in [-0.3, -0.25) is 4.79 Å². The van der Waals surface area contributed by atoms with Crippen molar-refractivity contribution in [3.05, 3.63) is 29.6 Å². The molecule has 2 aliphatic rings. The SMILES string of the molecule is NC1(C(=O)N2CCc3ccc(F)cc32)CCOC1. The van der Waals surface area contributed by atoms with Crippen LogP contribution in [0.2, 0.25) is 0 Å². The van der Waals surface area contributed by atoms with Crippen LogP contribution in [0, 0.1) is 5.82 Å². The molecule has 2 N–H and O–H groups in total. The molecule has 1 amide bonds. The smallest absolute Gasteiger partial charge is 0.249 e. The standard InChI is InChI=1S/C13H15FN2O2/c14-10-2-1-9-3-5-16(11(9)7-10)12(17)13(15)4-6-18-8-13/h1-2,7H,3-6,8,15H2. The Morgan fingerprint density at radius 1 is 1.50 bits per heavy atom. The quantitative estimate of drug-likeness (QED) is 0.803. The first kappa shape index (κ1) is 11.6. The van der Waals surface area contributed by atoms with E-state index in [0.717, 1.165) is 12.0 Å². The van der Waals surface area contributed by atoms with Gasteiger partial charge in [0, 0.05) is 18.8 Å². The Labute approximate surface area is 105 Å². The summed E-state index contributed by atoms with van der Waals surface area (Å²) in [7, 11) is 0. The summed E-state index contributed by atoms with van der Waals surface area (Å²) < 4.78 is 18.5. The van der Waals surface area contributed by atoms with Crippen LogP contribution < -0.4 is 10.6 Å². The van der Waals surface area contributed by atoms with Gasteiger partial charge in [-0.2, -0.15) is 0 Å². The van der Waals surface area contributed by atoms with Gasteiger partial charge in [0.25, 0.3) is 0 Å². The van der Waals surface area contributed by atoms with E-state index in [4.69, 9.17) is 10.5 Å². The summed E-state index contributed by atoms with van der Waals surface area (Å²) in [6.45, 7) is 1.32. The van der Waals surface area contributed by atoms with Crippen LogP contribution in [0.25, 0.3) is 0 Å². The summed E-state index contributed by atoms with van der Waals surface area (Å²) >= 11 is 0. The molecule has 0 radical (unpaired) electrons. The molecule has 0 bridgehead atoms. The monoisotopic (exact) mass is 250 g/mol. The van der Waals surface area contributed by atoms with Gasteiger partial charge >= 0.3 is 0 Å². The average Bonchev–Trinajstić information content (AvgIpc) is 2.95. The number of hydrogen-bond acceptors (Lipinski definition) is 3. The van der Waals surface area contributed by atoms with Crippen LogP contribution in [-0.4, -0.2) is 31.2 Å². The van der Waals surface area contributed by atoms with Crippen LogP contribution in [0.4, 0.5) is 10.1 Å². The molecule has 1 unspecified atom stereocenters.